The van der Waals surface area contributed by atoms with Crippen molar-refractivity contribution in [1.82, 2.24) is 0 Å². The summed E-state index contributed by atoms with van der Waals surface area (Å²) in [6, 6.07) is 9.87. The van der Waals surface area contributed by atoms with Gasteiger partial charge in [-0.3, -0.25) is 4.55 Å². The number of rotatable bonds is 5. The summed E-state index contributed by atoms with van der Waals surface area (Å²) in [4.78, 5) is -0.307. The van der Waals surface area contributed by atoms with E-state index in [0.717, 1.165) is 5.56 Å². The fourth-order valence-electron chi connectivity index (χ4n) is 2.17. The molecule has 2 aromatic rings. The molecule has 1 unspecified atom stereocenters. The molecule has 2 aromatic carbocycles. The molecule has 1 N–H and O–H groups in total. The fraction of sp³-hybridized carbons (Fsp3) is 0.200. The van der Waals surface area contributed by atoms with E-state index >= 15 is 0 Å². The van der Waals surface area contributed by atoms with Crippen molar-refractivity contribution in [3.8, 4) is 5.75 Å². The minimum absolute atomic E-state index is 0.0710. The zero-order chi connectivity index (χ0) is 18.1. The topological polar surface area (TPSA) is 97.7 Å². The molecule has 24 heavy (non-hydrogen) atoms. The SMILES string of the molecule is Cc1ccc(S(=O)(=O)O)c(C(C)Oc2ccc(S(=O)(=O)Cl)cc2)c1. The van der Waals surface area contributed by atoms with Crippen molar-refractivity contribution < 1.29 is 26.1 Å². The summed E-state index contributed by atoms with van der Waals surface area (Å²) >= 11 is 0. The third-order valence-corrected chi connectivity index (χ3v) is 5.60. The van der Waals surface area contributed by atoms with Gasteiger partial charge in [0.1, 0.15) is 16.7 Å². The van der Waals surface area contributed by atoms with Crippen LogP contribution in [0.15, 0.2) is 52.3 Å². The molecule has 9 heteroatoms. The first-order chi connectivity index (χ1) is 11.0. The quantitative estimate of drug-likeness (QED) is 0.621. The predicted molar refractivity (Wildman–Crippen MR) is 89.5 cm³/mol. The summed E-state index contributed by atoms with van der Waals surface area (Å²) < 4.78 is 60.4. The summed E-state index contributed by atoms with van der Waals surface area (Å²) in [5.41, 5.74) is 1.10. The minimum atomic E-state index is -4.39. The number of aryl methyl sites for hydroxylation is 1. The Morgan fingerprint density at radius 2 is 1.62 bits per heavy atom. The summed E-state index contributed by atoms with van der Waals surface area (Å²) in [6.45, 7) is 3.40. The van der Waals surface area contributed by atoms with E-state index in [4.69, 9.17) is 15.4 Å². The van der Waals surface area contributed by atoms with Gasteiger partial charge >= 0.3 is 0 Å². The number of hydrogen-bond donors (Lipinski definition) is 1. The van der Waals surface area contributed by atoms with Crippen molar-refractivity contribution in [3.63, 3.8) is 0 Å². The lowest BCUT2D eigenvalue weighted by atomic mass is 10.1. The second kappa shape index (κ2) is 6.72. The van der Waals surface area contributed by atoms with E-state index in [0.29, 0.717) is 11.3 Å². The molecule has 0 saturated heterocycles. The van der Waals surface area contributed by atoms with E-state index in [-0.39, 0.29) is 9.79 Å². The smallest absolute Gasteiger partial charge is 0.294 e. The maximum Gasteiger partial charge on any atom is 0.294 e. The molecule has 0 aliphatic carbocycles. The van der Waals surface area contributed by atoms with Crippen LogP contribution in [-0.2, 0) is 19.2 Å². The second-order valence-electron chi connectivity index (χ2n) is 5.19. The van der Waals surface area contributed by atoms with E-state index in [2.05, 4.69) is 0 Å². The molecule has 0 saturated carbocycles. The average molecular weight is 391 g/mol. The Morgan fingerprint density at radius 1 is 1.04 bits per heavy atom. The van der Waals surface area contributed by atoms with Crippen LogP contribution in [0.3, 0.4) is 0 Å². The number of ether oxygens (including phenoxy) is 1. The van der Waals surface area contributed by atoms with Gasteiger partial charge in [0.15, 0.2) is 0 Å². The van der Waals surface area contributed by atoms with Gasteiger partial charge in [-0.05, 0) is 44.2 Å². The highest BCUT2D eigenvalue weighted by atomic mass is 35.7. The highest BCUT2D eigenvalue weighted by Crippen LogP contribution is 2.29. The Bertz CT molecular complexity index is 950. The Kier molecular flexibility index (Phi) is 5.24. The molecule has 0 heterocycles. The van der Waals surface area contributed by atoms with Crippen LogP contribution in [0.4, 0.5) is 0 Å². The van der Waals surface area contributed by atoms with Crippen LogP contribution in [0.1, 0.15) is 24.2 Å². The molecule has 0 amide bonds. The second-order valence-corrected chi connectivity index (χ2v) is 9.14. The molecule has 0 aliphatic heterocycles. The largest absolute Gasteiger partial charge is 0.486 e. The molecule has 0 fully saturated rings. The molecular formula is C15H15ClO6S2. The van der Waals surface area contributed by atoms with Gasteiger partial charge in [0.05, 0.1) is 4.90 Å². The Labute approximate surface area is 145 Å². The lowest BCUT2D eigenvalue weighted by Crippen LogP contribution is -2.10. The van der Waals surface area contributed by atoms with Crippen LogP contribution in [0.5, 0.6) is 5.75 Å². The number of benzene rings is 2. The maximum atomic E-state index is 11.5. The van der Waals surface area contributed by atoms with Gasteiger partial charge in [-0.25, -0.2) is 8.42 Å². The summed E-state index contributed by atoms with van der Waals surface area (Å²) in [7, 11) is -2.98. The van der Waals surface area contributed by atoms with Gasteiger partial charge in [-0.1, -0.05) is 17.7 Å². The van der Waals surface area contributed by atoms with Gasteiger partial charge in [-0.15, -0.1) is 0 Å². The van der Waals surface area contributed by atoms with Crippen LogP contribution in [0.25, 0.3) is 0 Å². The van der Waals surface area contributed by atoms with Gasteiger partial charge in [-0.2, -0.15) is 8.42 Å². The Balaban J connectivity index is 2.34. The summed E-state index contributed by atoms with van der Waals surface area (Å²) in [6.07, 6.45) is -0.694. The first kappa shape index (κ1) is 18.7. The first-order valence-electron chi connectivity index (χ1n) is 6.78. The van der Waals surface area contributed by atoms with Crippen molar-refractivity contribution in [2.75, 3.05) is 0 Å². The van der Waals surface area contributed by atoms with E-state index in [1.807, 2.05) is 0 Å². The van der Waals surface area contributed by atoms with E-state index in [1.165, 1.54) is 30.3 Å². The highest BCUT2D eigenvalue weighted by molar-refractivity contribution is 8.13. The molecule has 130 valence electrons. The van der Waals surface area contributed by atoms with Crippen molar-refractivity contribution in [3.05, 3.63) is 53.6 Å². The Hall–Kier alpha value is -1.61. The van der Waals surface area contributed by atoms with Crippen molar-refractivity contribution in [1.29, 1.82) is 0 Å². The van der Waals surface area contributed by atoms with Crippen LogP contribution < -0.4 is 4.74 Å². The lowest BCUT2D eigenvalue weighted by Gasteiger charge is -2.18. The number of halogens is 1. The predicted octanol–water partition coefficient (Wildman–Crippen LogP) is 3.31. The summed E-state index contributed by atoms with van der Waals surface area (Å²) in [5, 5.41) is 0. The monoisotopic (exact) mass is 390 g/mol. The zero-order valence-corrected chi connectivity index (χ0v) is 15.2. The molecule has 0 spiro atoms. The fourth-order valence-corrected chi connectivity index (χ4v) is 3.70. The molecule has 1 atom stereocenters. The van der Waals surface area contributed by atoms with Crippen LogP contribution in [0.2, 0.25) is 0 Å². The third kappa shape index (κ3) is 4.47. The first-order valence-corrected chi connectivity index (χ1v) is 10.5. The van der Waals surface area contributed by atoms with Crippen LogP contribution in [-0.4, -0.2) is 21.4 Å². The highest BCUT2D eigenvalue weighted by Gasteiger charge is 2.21. The molecule has 2 rings (SSSR count). The van der Waals surface area contributed by atoms with Crippen molar-refractivity contribution in [2.24, 2.45) is 0 Å². The van der Waals surface area contributed by atoms with Crippen LogP contribution in [0, 0.1) is 6.92 Å². The van der Waals surface area contributed by atoms with Gasteiger partial charge in [0.25, 0.3) is 19.2 Å². The lowest BCUT2D eigenvalue weighted by molar-refractivity contribution is 0.223. The van der Waals surface area contributed by atoms with Gasteiger partial charge in [0.2, 0.25) is 0 Å². The minimum Gasteiger partial charge on any atom is -0.486 e. The normalized spacial score (nSPS) is 13.5. The van der Waals surface area contributed by atoms with Crippen LogP contribution >= 0.6 is 10.7 Å². The standard InChI is InChI=1S/C15H15ClO6S2/c1-10-3-8-15(24(19,20)21)14(9-10)11(2)22-12-4-6-13(7-5-12)23(16,17)18/h3-9,11H,1-2H3,(H,19,20,21). The molecule has 0 aromatic heterocycles. The van der Waals surface area contributed by atoms with E-state index in [9.17, 15) is 21.4 Å². The van der Waals surface area contributed by atoms with E-state index in [1.54, 1.807) is 26.0 Å². The average Bonchev–Trinajstić information content (AvgIpc) is 2.45. The van der Waals surface area contributed by atoms with E-state index < -0.39 is 25.3 Å². The summed E-state index contributed by atoms with van der Waals surface area (Å²) in [5.74, 6) is 0.328. The zero-order valence-electron chi connectivity index (χ0n) is 12.8. The molecule has 0 radical (unpaired) electrons. The Morgan fingerprint density at radius 3 is 2.12 bits per heavy atom. The number of hydrogen-bond acceptors (Lipinski definition) is 5. The molecular weight excluding hydrogens is 376 g/mol. The van der Waals surface area contributed by atoms with Crippen molar-refractivity contribution >= 4 is 29.9 Å². The molecule has 6 nitrogen and oxygen atoms in total. The van der Waals surface area contributed by atoms with Gasteiger partial charge < -0.3 is 4.74 Å². The maximum absolute atomic E-state index is 11.5. The van der Waals surface area contributed by atoms with Gasteiger partial charge in [0, 0.05) is 16.2 Å². The molecule has 0 bridgehead atoms. The van der Waals surface area contributed by atoms with Crippen molar-refractivity contribution in [2.45, 2.75) is 29.7 Å². The molecule has 0 aliphatic rings. The third-order valence-electron chi connectivity index (χ3n) is 3.30.